The van der Waals surface area contributed by atoms with E-state index in [1.807, 2.05) is 26.8 Å². The van der Waals surface area contributed by atoms with Crippen LogP contribution in [0.4, 0.5) is 0 Å². The van der Waals surface area contributed by atoms with Crippen LogP contribution in [0, 0.1) is 0 Å². The summed E-state index contributed by atoms with van der Waals surface area (Å²) in [5, 5.41) is 3.96. The Hall–Kier alpha value is -2.25. The number of ether oxygens (including phenoxy) is 3. The van der Waals surface area contributed by atoms with Crippen LogP contribution in [0.2, 0.25) is 4.34 Å². The predicted molar refractivity (Wildman–Crippen MR) is 104 cm³/mol. The van der Waals surface area contributed by atoms with Crippen molar-refractivity contribution in [3.05, 3.63) is 39.0 Å². The molecule has 0 radical (unpaired) electrons. The molecule has 0 aliphatic rings. The number of benzene rings is 1. The molecule has 0 fully saturated rings. The van der Waals surface area contributed by atoms with E-state index in [1.54, 1.807) is 18.2 Å². The van der Waals surface area contributed by atoms with Crippen LogP contribution in [0.1, 0.15) is 36.0 Å². The fraction of sp³-hybridized carbons (Fsp3) is 0.333. The van der Waals surface area contributed by atoms with Gasteiger partial charge >= 0.3 is 0 Å². The molecule has 1 aromatic heterocycles. The molecule has 1 N–H and O–H groups in total. The normalized spacial score (nSPS) is 10.8. The van der Waals surface area contributed by atoms with Crippen molar-refractivity contribution in [2.75, 3.05) is 19.8 Å². The van der Waals surface area contributed by atoms with E-state index in [0.29, 0.717) is 47.0 Å². The van der Waals surface area contributed by atoms with Crippen LogP contribution >= 0.6 is 22.9 Å². The number of hydrogen-bond acceptors (Lipinski definition) is 6. The Morgan fingerprint density at radius 1 is 1.12 bits per heavy atom. The average molecular weight is 397 g/mol. The van der Waals surface area contributed by atoms with E-state index in [-0.39, 0.29) is 5.91 Å². The Morgan fingerprint density at radius 2 is 1.73 bits per heavy atom. The van der Waals surface area contributed by atoms with Gasteiger partial charge < -0.3 is 14.2 Å². The maximum absolute atomic E-state index is 12.4. The first-order chi connectivity index (χ1) is 12.6. The quantitative estimate of drug-likeness (QED) is 0.505. The van der Waals surface area contributed by atoms with Gasteiger partial charge in [-0.05, 0) is 45.0 Å². The van der Waals surface area contributed by atoms with Crippen molar-refractivity contribution in [3.63, 3.8) is 0 Å². The highest BCUT2D eigenvalue weighted by Gasteiger charge is 2.18. The summed E-state index contributed by atoms with van der Waals surface area (Å²) < 4.78 is 17.5. The molecule has 1 aromatic carbocycles. The Kier molecular flexibility index (Phi) is 7.74. The number of hydrazone groups is 1. The fourth-order valence-electron chi connectivity index (χ4n) is 2.14. The lowest BCUT2D eigenvalue weighted by molar-refractivity contribution is 0.0954. The molecule has 6 nitrogen and oxygen atoms in total. The third-order valence-electron chi connectivity index (χ3n) is 3.12. The van der Waals surface area contributed by atoms with Crippen molar-refractivity contribution in [2.45, 2.75) is 20.8 Å². The van der Waals surface area contributed by atoms with Crippen molar-refractivity contribution >= 4 is 35.1 Å². The van der Waals surface area contributed by atoms with Crippen molar-refractivity contribution < 1.29 is 19.0 Å². The largest absolute Gasteiger partial charge is 0.490 e. The smallest absolute Gasteiger partial charge is 0.271 e. The Morgan fingerprint density at radius 3 is 2.23 bits per heavy atom. The zero-order valence-corrected chi connectivity index (χ0v) is 16.4. The van der Waals surface area contributed by atoms with Crippen molar-refractivity contribution in [1.82, 2.24) is 5.43 Å². The molecule has 0 aliphatic heterocycles. The van der Waals surface area contributed by atoms with Gasteiger partial charge in [-0.1, -0.05) is 11.6 Å². The van der Waals surface area contributed by atoms with Gasteiger partial charge in [-0.15, -0.1) is 11.3 Å². The lowest BCUT2D eigenvalue weighted by atomic mass is 10.1. The molecule has 0 unspecified atom stereocenters. The van der Waals surface area contributed by atoms with Crippen LogP contribution in [0.3, 0.4) is 0 Å². The minimum absolute atomic E-state index is 0.363. The molecule has 2 rings (SSSR count). The molecule has 0 atom stereocenters. The molecule has 0 bridgehead atoms. The van der Waals surface area contributed by atoms with Gasteiger partial charge in [0.15, 0.2) is 11.5 Å². The molecule has 140 valence electrons. The Labute approximate surface area is 161 Å². The average Bonchev–Trinajstić information content (AvgIpc) is 3.03. The second-order valence-corrected chi connectivity index (χ2v) is 6.69. The molecule has 1 heterocycles. The van der Waals surface area contributed by atoms with E-state index in [9.17, 15) is 4.79 Å². The van der Waals surface area contributed by atoms with Crippen LogP contribution in [0.15, 0.2) is 29.4 Å². The fourth-order valence-corrected chi connectivity index (χ4v) is 3.07. The molecule has 0 saturated heterocycles. The maximum atomic E-state index is 12.4. The molecule has 1 amide bonds. The lowest BCUT2D eigenvalue weighted by Crippen LogP contribution is -2.18. The van der Waals surface area contributed by atoms with Crippen LogP contribution < -0.4 is 19.6 Å². The summed E-state index contributed by atoms with van der Waals surface area (Å²) in [5.41, 5.74) is 2.85. The van der Waals surface area contributed by atoms with Crippen LogP contribution in [0.5, 0.6) is 17.2 Å². The standard InChI is InChI=1S/C18H21ClN2O4S/c1-4-23-14-9-12(10-15(24-5-2)17(14)25-6-3)18(22)21-20-11-13-7-8-16(19)26-13/h7-11H,4-6H2,1-3H3,(H,21,22). The summed E-state index contributed by atoms with van der Waals surface area (Å²) in [5.74, 6) is 1.03. The third-order valence-corrected chi connectivity index (χ3v) is 4.29. The first-order valence-electron chi connectivity index (χ1n) is 8.24. The van der Waals surface area contributed by atoms with E-state index < -0.39 is 0 Å². The second kappa shape index (κ2) is 10.0. The van der Waals surface area contributed by atoms with E-state index in [2.05, 4.69) is 10.5 Å². The molecule has 0 saturated carbocycles. The maximum Gasteiger partial charge on any atom is 0.271 e. The number of thiophene rings is 1. The summed E-state index contributed by atoms with van der Waals surface area (Å²) in [7, 11) is 0. The van der Waals surface area contributed by atoms with Crippen molar-refractivity contribution in [3.8, 4) is 17.2 Å². The highest BCUT2D eigenvalue weighted by molar-refractivity contribution is 7.17. The minimum Gasteiger partial charge on any atom is -0.490 e. The number of nitrogens with zero attached hydrogens (tertiary/aromatic N) is 1. The summed E-state index contributed by atoms with van der Waals surface area (Å²) >= 11 is 7.23. The minimum atomic E-state index is -0.381. The Bertz CT molecular complexity index is 749. The second-order valence-electron chi connectivity index (χ2n) is 4.94. The SMILES string of the molecule is CCOc1cc(C(=O)NN=Cc2ccc(Cl)s2)cc(OCC)c1OCC. The van der Waals surface area contributed by atoms with Gasteiger partial charge in [-0.25, -0.2) is 5.43 Å². The third kappa shape index (κ3) is 5.37. The molecule has 0 spiro atoms. The predicted octanol–water partition coefficient (Wildman–Crippen LogP) is 4.36. The number of carbonyl (C=O) groups excluding carboxylic acids is 1. The first kappa shape index (κ1) is 20.1. The molecule has 26 heavy (non-hydrogen) atoms. The molecular weight excluding hydrogens is 376 g/mol. The molecule has 8 heteroatoms. The highest BCUT2D eigenvalue weighted by Crippen LogP contribution is 2.39. The van der Waals surface area contributed by atoms with Gasteiger partial charge in [-0.3, -0.25) is 4.79 Å². The van der Waals surface area contributed by atoms with Gasteiger partial charge in [0.2, 0.25) is 5.75 Å². The monoisotopic (exact) mass is 396 g/mol. The van der Waals surface area contributed by atoms with Crippen molar-refractivity contribution in [1.29, 1.82) is 0 Å². The molecule has 2 aromatic rings. The van der Waals surface area contributed by atoms with Gasteiger partial charge in [0.05, 0.1) is 30.4 Å². The van der Waals surface area contributed by atoms with Gasteiger partial charge in [0.25, 0.3) is 5.91 Å². The number of nitrogens with one attached hydrogen (secondary N) is 1. The first-order valence-corrected chi connectivity index (χ1v) is 9.43. The van der Waals surface area contributed by atoms with E-state index in [4.69, 9.17) is 25.8 Å². The van der Waals surface area contributed by atoms with E-state index in [1.165, 1.54) is 17.6 Å². The highest BCUT2D eigenvalue weighted by atomic mass is 35.5. The summed E-state index contributed by atoms with van der Waals surface area (Å²) in [6.07, 6.45) is 1.54. The van der Waals surface area contributed by atoms with E-state index >= 15 is 0 Å². The molecular formula is C18H21ClN2O4S. The number of halogens is 1. The number of amides is 1. The summed E-state index contributed by atoms with van der Waals surface area (Å²) in [4.78, 5) is 13.3. The number of rotatable bonds is 9. The van der Waals surface area contributed by atoms with Crippen LogP contribution in [-0.4, -0.2) is 31.9 Å². The van der Waals surface area contributed by atoms with Gasteiger partial charge in [0.1, 0.15) is 0 Å². The zero-order valence-electron chi connectivity index (χ0n) is 14.9. The van der Waals surface area contributed by atoms with Gasteiger partial charge in [0, 0.05) is 10.4 Å². The zero-order chi connectivity index (χ0) is 18.9. The topological polar surface area (TPSA) is 69.2 Å². The van der Waals surface area contributed by atoms with Gasteiger partial charge in [-0.2, -0.15) is 5.10 Å². The lowest BCUT2D eigenvalue weighted by Gasteiger charge is -2.16. The number of carbonyl (C=O) groups is 1. The summed E-state index contributed by atoms with van der Waals surface area (Å²) in [6, 6.07) is 6.82. The van der Waals surface area contributed by atoms with Crippen LogP contribution in [0.25, 0.3) is 0 Å². The Balaban J connectivity index is 2.23. The van der Waals surface area contributed by atoms with Crippen LogP contribution in [-0.2, 0) is 0 Å². The number of hydrogen-bond donors (Lipinski definition) is 1. The van der Waals surface area contributed by atoms with Crippen molar-refractivity contribution in [2.24, 2.45) is 5.10 Å². The van der Waals surface area contributed by atoms with E-state index in [0.717, 1.165) is 4.88 Å². The summed E-state index contributed by atoms with van der Waals surface area (Å²) in [6.45, 7) is 6.93. The molecule has 0 aliphatic carbocycles.